The standard InChI is InChI=1S/C25H19ClO6/c1-15-7-12-19-21(13-15)31-24(18-5-3-4-6-20(18)26)25(23(19)28)32-22(27)14-30-17-10-8-16(29-2)9-11-17/h3-13H,14H2,1-2H3. The van der Waals surface area contributed by atoms with Crippen LogP contribution in [0.15, 0.2) is 75.9 Å². The highest BCUT2D eigenvalue weighted by Crippen LogP contribution is 2.35. The predicted molar refractivity (Wildman–Crippen MR) is 122 cm³/mol. The molecule has 6 nitrogen and oxygen atoms in total. The number of esters is 1. The molecule has 0 saturated carbocycles. The monoisotopic (exact) mass is 450 g/mol. The number of halogens is 1. The van der Waals surface area contributed by atoms with Gasteiger partial charge in [-0.2, -0.15) is 0 Å². The van der Waals surface area contributed by atoms with Gasteiger partial charge in [0.1, 0.15) is 17.1 Å². The Balaban J connectivity index is 1.68. The van der Waals surface area contributed by atoms with Crippen molar-refractivity contribution >= 4 is 28.5 Å². The van der Waals surface area contributed by atoms with Crippen molar-refractivity contribution in [3.8, 4) is 28.6 Å². The van der Waals surface area contributed by atoms with Gasteiger partial charge in [0, 0.05) is 5.56 Å². The van der Waals surface area contributed by atoms with Crippen molar-refractivity contribution in [3.63, 3.8) is 0 Å². The number of methoxy groups -OCH3 is 1. The molecular weight excluding hydrogens is 432 g/mol. The van der Waals surface area contributed by atoms with Gasteiger partial charge in [-0.05, 0) is 61.0 Å². The van der Waals surface area contributed by atoms with Crippen molar-refractivity contribution in [2.75, 3.05) is 13.7 Å². The molecule has 0 unspecified atom stereocenters. The molecule has 0 saturated heterocycles. The third kappa shape index (κ3) is 4.45. The molecule has 0 aliphatic rings. The fraction of sp³-hybridized carbons (Fsp3) is 0.120. The SMILES string of the molecule is COc1ccc(OCC(=O)Oc2c(-c3ccccc3Cl)oc3cc(C)ccc3c2=O)cc1. The van der Waals surface area contributed by atoms with E-state index in [0.29, 0.717) is 33.1 Å². The van der Waals surface area contributed by atoms with E-state index in [1.54, 1.807) is 73.8 Å². The van der Waals surface area contributed by atoms with E-state index in [2.05, 4.69) is 0 Å². The van der Waals surface area contributed by atoms with Gasteiger partial charge < -0.3 is 18.6 Å². The Labute approximate surface area is 188 Å². The first-order chi connectivity index (χ1) is 15.5. The number of carbonyl (C=O) groups is 1. The predicted octanol–water partition coefficient (Wildman–Crippen LogP) is 5.41. The number of fused-ring (bicyclic) bond motifs is 1. The topological polar surface area (TPSA) is 75.0 Å². The molecule has 4 rings (SSSR count). The minimum atomic E-state index is -0.757. The number of hydrogen-bond acceptors (Lipinski definition) is 6. The number of rotatable bonds is 6. The molecule has 7 heteroatoms. The van der Waals surface area contributed by atoms with Crippen molar-refractivity contribution in [1.82, 2.24) is 0 Å². The van der Waals surface area contributed by atoms with Crippen LogP contribution in [0.2, 0.25) is 5.02 Å². The fourth-order valence-electron chi connectivity index (χ4n) is 3.16. The van der Waals surface area contributed by atoms with Crippen molar-refractivity contribution in [1.29, 1.82) is 0 Å². The summed E-state index contributed by atoms with van der Waals surface area (Å²) in [4.78, 5) is 25.7. The van der Waals surface area contributed by atoms with E-state index >= 15 is 0 Å². The molecule has 3 aromatic carbocycles. The maximum atomic E-state index is 13.2. The molecule has 0 aliphatic carbocycles. The summed E-state index contributed by atoms with van der Waals surface area (Å²) >= 11 is 6.33. The highest BCUT2D eigenvalue weighted by Gasteiger charge is 2.22. The summed E-state index contributed by atoms with van der Waals surface area (Å²) in [7, 11) is 1.56. The highest BCUT2D eigenvalue weighted by molar-refractivity contribution is 6.33. The first-order valence-electron chi connectivity index (χ1n) is 9.76. The Morgan fingerprint density at radius 1 is 1.00 bits per heavy atom. The average Bonchev–Trinajstić information content (AvgIpc) is 2.80. The summed E-state index contributed by atoms with van der Waals surface area (Å²) in [5.74, 6) is 0.200. The minimum Gasteiger partial charge on any atom is -0.497 e. The normalized spacial score (nSPS) is 10.7. The van der Waals surface area contributed by atoms with Crippen LogP contribution < -0.4 is 19.6 Å². The second-order valence-electron chi connectivity index (χ2n) is 7.01. The van der Waals surface area contributed by atoms with E-state index in [4.69, 9.17) is 30.2 Å². The molecule has 0 N–H and O–H groups in total. The van der Waals surface area contributed by atoms with E-state index in [0.717, 1.165) is 5.56 Å². The minimum absolute atomic E-state index is 0.0801. The van der Waals surface area contributed by atoms with Gasteiger partial charge in [-0.3, -0.25) is 4.79 Å². The number of ether oxygens (including phenoxy) is 3. The van der Waals surface area contributed by atoms with Crippen molar-refractivity contribution < 1.29 is 23.4 Å². The number of carbonyl (C=O) groups excluding carboxylic acids is 1. The lowest BCUT2D eigenvalue weighted by Gasteiger charge is -2.12. The number of aryl methyl sites for hydroxylation is 1. The molecule has 1 aromatic heterocycles. The quantitative estimate of drug-likeness (QED) is 0.365. The zero-order valence-electron chi connectivity index (χ0n) is 17.4. The molecule has 0 bridgehead atoms. The molecule has 32 heavy (non-hydrogen) atoms. The van der Waals surface area contributed by atoms with E-state index in [1.165, 1.54) is 0 Å². The van der Waals surface area contributed by atoms with Gasteiger partial charge >= 0.3 is 5.97 Å². The molecule has 162 valence electrons. The van der Waals surface area contributed by atoms with E-state index in [1.807, 2.05) is 6.92 Å². The second kappa shape index (κ2) is 9.16. The maximum Gasteiger partial charge on any atom is 0.349 e. The van der Waals surface area contributed by atoms with Gasteiger partial charge in [0.25, 0.3) is 0 Å². The molecule has 0 atom stereocenters. The summed E-state index contributed by atoms with van der Waals surface area (Å²) in [5, 5.41) is 0.653. The van der Waals surface area contributed by atoms with Gasteiger partial charge in [-0.1, -0.05) is 29.8 Å². The van der Waals surface area contributed by atoms with Crippen LogP contribution in [0.1, 0.15) is 5.56 Å². The maximum absolute atomic E-state index is 13.2. The highest BCUT2D eigenvalue weighted by atomic mass is 35.5. The summed E-state index contributed by atoms with van der Waals surface area (Å²) < 4.78 is 22.0. The van der Waals surface area contributed by atoms with Gasteiger partial charge in [-0.25, -0.2) is 4.79 Å². The molecule has 0 fully saturated rings. The smallest absolute Gasteiger partial charge is 0.349 e. The van der Waals surface area contributed by atoms with Crippen LogP contribution in [0.4, 0.5) is 0 Å². The van der Waals surface area contributed by atoms with Crippen molar-refractivity contribution in [2.24, 2.45) is 0 Å². The Morgan fingerprint density at radius 3 is 2.44 bits per heavy atom. The summed E-state index contributed by atoms with van der Waals surface area (Å²) in [6.07, 6.45) is 0. The Hall–Kier alpha value is -3.77. The molecule has 4 aromatic rings. The number of benzene rings is 3. The third-order valence-electron chi connectivity index (χ3n) is 4.76. The zero-order chi connectivity index (χ0) is 22.7. The molecule has 0 spiro atoms. The van der Waals surface area contributed by atoms with E-state index < -0.39 is 18.0 Å². The fourth-order valence-corrected chi connectivity index (χ4v) is 3.38. The van der Waals surface area contributed by atoms with Gasteiger partial charge in [-0.15, -0.1) is 0 Å². The van der Waals surface area contributed by atoms with Gasteiger partial charge in [0.15, 0.2) is 12.4 Å². The Kier molecular flexibility index (Phi) is 6.14. The van der Waals surface area contributed by atoms with Gasteiger partial charge in [0.2, 0.25) is 11.2 Å². The lowest BCUT2D eigenvalue weighted by molar-refractivity contribution is -0.136. The van der Waals surface area contributed by atoms with E-state index in [-0.39, 0.29) is 11.5 Å². The molecule has 0 amide bonds. The Morgan fingerprint density at radius 2 is 1.72 bits per heavy atom. The Bertz CT molecular complexity index is 1340. The summed E-state index contributed by atoms with van der Waals surface area (Å²) in [6.45, 7) is 1.48. The average molecular weight is 451 g/mol. The molecule has 0 radical (unpaired) electrons. The van der Waals surface area contributed by atoms with Crippen LogP contribution in [0.25, 0.3) is 22.3 Å². The van der Waals surface area contributed by atoms with Crippen molar-refractivity contribution in [3.05, 3.63) is 87.5 Å². The lowest BCUT2D eigenvalue weighted by atomic mass is 10.1. The van der Waals surface area contributed by atoms with Crippen LogP contribution in [0, 0.1) is 6.92 Å². The summed E-state index contributed by atoms with van der Waals surface area (Å²) in [5.41, 5.74) is 1.26. The van der Waals surface area contributed by atoms with Crippen LogP contribution in [0.3, 0.4) is 0 Å². The third-order valence-corrected chi connectivity index (χ3v) is 5.09. The van der Waals surface area contributed by atoms with E-state index in [9.17, 15) is 9.59 Å². The largest absolute Gasteiger partial charge is 0.497 e. The zero-order valence-corrected chi connectivity index (χ0v) is 18.1. The van der Waals surface area contributed by atoms with Crippen LogP contribution in [-0.4, -0.2) is 19.7 Å². The van der Waals surface area contributed by atoms with Crippen LogP contribution in [-0.2, 0) is 4.79 Å². The first-order valence-corrected chi connectivity index (χ1v) is 10.1. The second-order valence-corrected chi connectivity index (χ2v) is 7.41. The first kappa shape index (κ1) is 21.5. The summed E-state index contributed by atoms with van der Waals surface area (Å²) in [6, 6.07) is 18.8. The number of hydrogen-bond donors (Lipinski definition) is 0. The van der Waals surface area contributed by atoms with Crippen LogP contribution in [0.5, 0.6) is 17.2 Å². The van der Waals surface area contributed by atoms with Crippen molar-refractivity contribution in [2.45, 2.75) is 6.92 Å². The molecular formula is C25H19ClO6. The lowest BCUT2D eigenvalue weighted by Crippen LogP contribution is -2.21. The molecule has 1 heterocycles. The molecule has 0 aliphatic heterocycles. The van der Waals surface area contributed by atoms with Gasteiger partial charge in [0.05, 0.1) is 17.5 Å². The van der Waals surface area contributed by atoms with Crippen LogP contribution >= 0.6 is 11.6 Å².